The maximum absolute atomic E-state index is 12.2. The molecule has 0 aliphatic heterocycles. The standard InChI is InChI=1S/C21H26N4O2/c1-16(2)15-27-13-5-12-22-21(26)18-10-8-17(9-11-18)14-25-20-7-4-3-6-19(20)23-24-25/h3-4,6-11,16H,5,12-15H2,1-2H3,(H,22,26). The van der Waals surface area contributed by atoms with Crippen LogP contribution in [0.2, 0.25) is 0 Å². The first-order chi connectivity index (χ1) is 13.1. The molecule has 27 heavy (non-hydrogen) atoms. The second kappa shape index (κ2) is 9.28. The van der Waals surface area contributed by atoms with Gasteiger partial charge in [0.15, 0.2) is 0 Å². The third-order valence-electron chi connectivity index (χ3n) is 4.17. The van der Waals surface area contributed by atoms with Crippen molar-refractivity contribution in [3.05, 3.63) is 59.7 Å². The van der Waals surface area contributed by atoms with Gasteiger partial charge in [-0.1, -0.05) is 43.3 Å². The Kier molecular flexibility index (Phi) is 6.54. The summed E-state index contributed by atoms with van der Waals surface area (Å²) >= 11 is 0. The van der Waals surface area contributed by atoms with E-state index in [4.69, 9.17) is 4.74 Å². The summed E-state index contributed by atoms with van der Waals surface area (Å²) in [4.78, 5) is 12.2. The fourth-order valence-electron chi connectivity index (χ4n) is 2.77. The molecule has 142 valence electrons. The smallest absolute Gasteiger partial charge is 0.251 e. The van der Waals surface area contributed by atoms with Crippen LogP contribution in [0.5, 0.6) is 0 Å². The van der Waals surface area contributed by atoms with Gasteiger partial charge in [-0.05, 0) is 42.2 Å². The number of ether oxygens (including phenoxy) is 1. The number of hydrogen-bond acceptors (Lipinski definition) is 4. The van der Waals surface area contributed by atoms with Crippen molar-refractivity contribution in [1.82, 2.24) is 20.3 Å². The van der Waals surface area contributed by atoms with E-state index in [9.17, 15) is 4.79 Å². The molecule has 3 rings (SSSR count). The van der Waals surface area contributed by atoms with Gasteiger partial charge < -0.3 is 10.1 Å². The van der Waals surface area contributed by atoms with Gasteiger partial charge in [0.1, 0.15) is 5.52 Å². The van der Waals surface area contributed by atoms with Crippen LogP contribution < -0.4 is 5.32 Å². The lowest BCUT2D eigenvalue weighted by atomic mass is 10.1. The summed E-state index contributed by atoms with van der Waals surface area (Å²) in [7, 11) is 0. The van der Waals surface area contributed by atoms with E-state index in [2.05, 4.69) is 29.5 Å². The van der Waals surface area contributed by atoms with Crippen LogP contribution in [0.4, 0.5) is 0 Å². The fraction of sp³-hybridized carbons (Fsp3) is 0.381. The minimum atomic E-state index is -0.0587. The summed E-state index contributed by atoms with van der Waals surface area (Å²) in [5, 5.41) is 11.3. The summed E-state index contributed by atoms with van der Waals surface area (Å²) in [6, 6.07) is 15.5. The molecule has 3 aromatic rings. The van der Waals surface area contributed by atoms with Crippen LogP contribution in [0.25, 0.3) is 11.0 Å². The Bertz CT molecular complexity index is 871. The van der Waals surface area contributed by atoms with E-state index in [0.717, 1.165) is 29.6 Å². The van der Waals surface area contributed by atoms with Crippen molar-refractivity contribution in [2.75, 3.05) is 19.8 Å². The normalized spacial score (nSPS) is 11.2. The van der Waals surface area contributed by atoms with Gasteiger partial charge in [-0.3, -0.25) is 4.79 Å². The number of rotatable bonds is 9. The van der Waals surface area contributed by atoms with Crippen molar-refractivity contribution >= 4 is 16.9 Å². The highest BCUT2D eigenvalue weighted by molar-refractivity contribution is 5.94. The van der Waals surface area contributed by atoms with Gasteiger partial charge in [-0.2, -0.15) is 0 Å². The second-order valence-electron chi connectivity index (χ2n) is 7.01. The SMILES string of the molecule is CC(C)COCCCNC(=O)c1ccc(Cn2nnc3ccccc32)cc1. The van der Waals surface area contributed by atoms with Crippen molar-refractivity contribution in [1.29, 1.82) is 0 Å². The third-order valence-corrected chi connectivity index (χ3v) is 4.17. The quantitative estimate of drug-likeness (QED) is 0.590. The zero-order chi connectivity index (χ0) is 19.1. The van der Waals surface area contributed by atoms with E-state index >= 15 is 0 Å². The van der Waals surface area contributed by atoms with Gasteiger partial charge >= 0.3 is 0 Å². The molecule has 6 heteroatoms. The number of carbonyl (C=O) groups is 1. The molecule has 0 spiro atoms. The molecule has 0 aliphatic carbocycles. The van der Waals surface area contributed by atoms with Crippen molar-refractivity contribution in [3.8, 4) is 0 Å². The number of nitrogens with zero attached hydrogens (tertiary/aromatic N) is 3. The average molecular weight is 366 g/mol. The van der Waals surface area contributed by atoms with Crippen LogP contribution in [-0.4, -0.2) is 40.7 Å². The Morgan fingerprint density at radius 2 is 1.93 bits per heavy atom. The van der Waals surface area contributed by atoms with Gasteiger partial charge in [0.2, 0.25) is 0 Å². The number of aromatic nitrogens is 3. The monoisotopic (exact) mass is 366 g/mol. The zero-order valence-corrected chi connectivity index (χ0v) is 15.9. The number of benzene rings is 2. The topological polar surface area (TPSA) is 69.0 Å². The lowest BCUT2D eigenvalue weighted by Crippen LogP contribution is -2.25. The molecule has 0 unspecified atom stereocenters. The molecule has 0 bridgehead atoms. The van der Waals surface area contributed by atoms with E-state index < -0.39 is 0 Å². The molecule has 0 fully saturated rings. The Morgan fingerprint density at radius 1 is 1.15 bits per heavy atom. The van der Waals surface area contributed by atoms with E-state index in [1.807, 2.05) is 53.2 Å². The van der Waals surface area contributed by atoms with Crippen molar-refractivity contribution < 1.29 is 9.53 Å². The summed E-state index contributed by atoms with van der Waals surface area (Å²) in [5.41, 5.74) is 3.61. The molecule has 2 aromatic carbocycles. The highest BCUT2D eigenvalue weighted by Gasteiger charge is 2.07. The molecule has 0 aliphatic rings. The second-order valence-corrected chi connectivity index (χ2v) is 7.01. The maximum Gasteiger partial charge on any atom is 0.251 e. The molecule has 0 saturated carbocycles. The molecule has 1 aromatic heterocycles. The van der Waals surface area contributed by atoms with E-state index in [-0.39, 0.29) is 5.91 Å². The number of nitrogens with one attached hydrogen (secondary N) is 1. The Hall–Kier alpha value is -2.73. The molecule has 0 radical (unpaired) electrons. The third kappa shape index (κ3) is 5.37. The highest BCUT2D eigenvalue weighted by atomic mass is 16.5. The van der Waals surface area contributed by atoms with Gasteiger partial charge in [0, 0.05) is 25.3 Å². The molecule has 1 amide bonds. The molecule has 1 N–H and O–H groups in total. The number of carbonyl (C=O) groups excluding carboxylic acids is 1. The molecule has 0 atom stereocenters. The Morgan fingerprint density at radius 3 is 2.70 bits per heavy atom. The van der Waals surface area contributed by atoms with E-state index in [1.165, 1.54) is 0 Å². The minimum absolute atomic E-state index is 0.0587. The summed E-state index contributed by atoms with van der Waals surface area (Å²) in [6.07, 6.45) is 0.815. The number of hydrogen-bond donors (Lipinski definition) is 1. The first-order valence-corrected chi connectivity index (χ1v) is 9.36. The first-order valence-electron chi connectivity index (χ1n) is 9.36. The first kappa shape index (κ1) is 19.0. The predicted molar refractivity (Wildman–Crippen MR) is 106 cm³/mol. The molecule has 0 saturated heterocycles. The Balaban J connectivity index is 1.49. The number of amides is 1. The van der Waals surface area contributed by atoms with E-state index in [1.54, 1.807) is 0 Å². The van der Waals surface area contributed by atoms with Crippen molar-refractivity contribution in [2.24, 2.45) is 5.92 Å². The van der Waals surface area contributed by atoms with Crippen molar-refractivity contribution in [2.45, 2.75) is 26.8 Å². The number of para-hydroxylation sites is 1. The fourth-order valence-corrected chi connectivity index (χ4v) is 2.77. The van der Waals surface area contributed by atoms with Crippen LogP contribution in [0, 0.1) is 5.92 Å². The summed E-state index contributed by atoms with van der Waals surface area (Å²) < 4.78 is 7.38. The average Bonchev–Trinajstić information content (AvgIpc) is 3.08. The summed E-state index contributed by atoms with van der Waals surface area (Å²) in [5.74, 6) is 0.477. The zero-order valence-electron chi connectivity index (χ0n) is 15.9. The maximum atomic E-state index is 12.2. The van der Waals surface area contributed by atoms with Crippen molar-refractivity contribution in [3.63, 3.8) is 0 Å². The molecule has 6 nitrogen and oxygen atoms in total. The van der Waals surface area contributed by atoms with Gasteiger partial charge in [-0.25, -0.2) is 4.68 Å². The largest absolute Gasteiger partial charge is 0.381 e. The van der Waals surface area contributed by atoms with Crippen LogP contribution in [0.3, 0.4) is 0 Å². The van der Waals surface area contributed by atoms with Crippen LogP contribution in [0.1, 0.15) is 36.2 Å². The lowest BCUT2D eigenvalue weighted by molar-refractivity contribution is 0.0925. The van der Waals surface area contributed by atoms with Crippen LogP contribution >= 0.6 is 0 Å². The lowest BCUT2D eigenvalue weighted by Gasteiger charge is -2.08. The van der Waals surface area contributed by atoms with Crippen LogP contribution in [-0.2, 0) is 11.3 Å². The van der Waals surface area contributed by atoms with Crippen LogP contribution in [0.15, 0.2) is 48.5 Å². The predicted octanol–water partition coefficient (Wildman–Crippen LogP) is 3.27. The summed E-state index contributed by atoms with van der Waals surface area (Å²) in [6.45, 7) is 6.91. The Labute approximate surface area is 159 Å². The van der Waals surface area contributed by atoms with E-state index in [0.29, 0.717) is 31.2 Å². The van der Waals surface area contributed by atoms with Gasteiger partial charge in [0.25, 0.3) is 5.91 Å². The minimum Gasteiger partial charge on any atom is -0.381 e. The molecular weight excluding hydrogens is 340 g/mol. The molecule has 1 heterocycles. The van der Waals surface area contributed by atoms with Gasteiger partial charge in [0.05, 0.1) is 12.1 Å². The molecular formula is C21H26N4O2. The number of fused-ring (bicyclic) bond motifs is 1. The van der Waals surface area contributed by atoms with Gasteiger partial charge in [-0.15, -0.1) is 5.10 Å². The highest BCUT2D eigenvalue weighted by Crippen LogP contribution is 2.13.